The van der Waals surface area contributed by atoms with Crippen LogP contribution < -0.4 is 15.4 Å². The van der Waals surface area contributed by atoms with Gasteiger partial charge in [0.2, 0.25) is 0 Å². The van der Waals surface area contributed by atoms with E-state index in [1.165, 1.54) is 18.3 Å². The van der Waals surface area contributed by atoms with Crippen LogP contribution in [0.15, 0.2) is 67.0 Å². The van der Waals surface area contributed by atoms with Gasteiger partial charge in [-0.05, 0) is 42.3 Å². The minimum atomic E-state index is -0.269. The maximum absolute atomic E-state index is 12.9. The van der Waals surface area contributed by atoms with Crippen molar-refractivity contribution in [3.63, 3.8) is 0 Å². The Hall–Kier alpha value is -3.41. The molecule has 3 aromatic rings. The van der Waals surface area contributed by atoms with Crippen molar-refractivity contribution >= 4 is 17.3 Å². The Kier molecular flexibility index (Phi) is 5.99. The highest BCUT2D eigenvalue weighted by Crippen LogP contribution is 2.23. The molecule has 0 atom stereocenters. The molecule has 3 rings (SSSR count). The minimum Gasteiger partial charge on any atom is -0.495 e. The summed E-state index contributed by atoms with van der Waals surface area (Å²) in [6.45, 7) is 0.644. The van der Waals surface area contributed by atoms with Crippen molar-refractivity contribution in [2.45, 2.75) is 6.42 Å². The number of aromatic nitrogens is 1. The molecule has 0 unspecified atom stereocenters. The summed E-state index contributed by atoms with van der Waals surface area (Å²) >= 11 is 0. The number of hydrogen-bond acceptors (Lipinski definition) is 4. The van der Waals surface area contributed by atoms with E-state index in [1.54, 1.807) is 43.6 Å². The van der Waals surface area contributed by atoms with Crippen LogP contribution in [0.3, 0.4) is 0 Å². The molecule has 0 fully saturated rings. The molecule has 6 heteroatoms. The molecule has 0 aliphatic rings. The number of halogens is 1. The molecule has 0 radical (unpaired) electrons. The van der Waals surface area contributed by atoms with Crippen LogP contribution in [-0.4, -0.2) is 24.5 Å². The minimum absolute atomic E-state index is 0.246. The van der Waals surface area contributed by atoms with Crippen molar-refractivity contribution < 1.29 is 13.9 Å². The van der Waals surface area contributed by atoms with E-state index in [4.69, 9.17) is 4.74 Å². The lowest BCUT2D eigenvalue weighted by atomic mass is 10.1. The monoisotopic (exact) mass is 365 g/mol. The Morgan fingerprint density at radius 3 is 2.67 bits per heavy atom. The van der Waals surface area contributed by atoms with Gasteiger partial charge in [-0.15, -0.1) is 0 Å². The van der Waals surface area contributed by atoms with Gasteiger partial charge in [-0.25, -0.2) is 4.39 Å². The van der Waals surface area contributed by atoms with Crippen LogP contribution in [0.25, 0.3) is 0 Å². The van der Waals surface area contributed by atoms with Crippen LogP contribution in [0, 0.1) is 5.82 Å². The fourth-order valence-electron chi connectivity index (χ4n) is 2.61. The molecule has 2 N–H and O–H groups in total. The van der Waals surface area contributed by atoms with E-state index < -0.39 is 0 Å². The standard InChI is InChI=1S/C21H20FN3O2/c1-27-20-5-3-2-4-19(20)25-21(26)16-12-18(14-23-13-16)24-11-10-15-6-8-17(22)9-7-15/h2-9,12-14,24H,10-11H2,1H3,(H,25,26). The summed E-state index contributed by atoms with van der Waals surface area (Å²) in [4.78, 5) is 16.6. The normalized spacial score (nSPS) is 10.3. The summed E-state index contributed by atoms with van der Waals surface area (Å²) in [6, 6.07) is 15.3. The molecular formula is C21H20FN3O2. The molecule has 1 amide bonds. The number of methoxy groups -OCH3 is 1. The van der Waals surface area contributed by atoms with Crippen LogP contribution in [-0.2, 0) is 6.42 Å². The lowest BCUT2D eigenvalue weighted by Crippen LogP contribution is -2.14. The molecular weight excluding hydrogens is 345 g/mol. The number of anilines is 2. The van der Waals surface area contributed by atoms with Crippen molar-refractivity contribution in [3.05, 3.63) is 83.9 Å². The van der Waals surface area contributed by atoms with E-state index in [-0.39, 0.29) is 11.7 Å². The largest absolute Gasteiger partial charge is 0.495 e. The average Bonchev–Trinajstić information content (AvgIpc) is 2.70. The SMILES string of the molecule is COc1ccccc1NC(=O)c1cncc(NCCc2ccc(F)cc2)c1. The van der Waals surface area contributed by atoms with Crippen molar-refractivity contribution in [2.24, 2.45) is 0 Å². The lowest BCUT2D eigenvalue weighted by Gasteiger charge is -2.11. The zero-order chi connectivity index (χ0) is 19.1. The molecule has 5 nitrogen and oxygen atoms in total. The zero-order valence-corrected chi connectivity index (χ0v) is 14.9. The summed E-state index contributed by atoms with van der Waals surface area (Å²) in [6.07, 6.45) is 3.90. The highest BCUT2D eigenvalue weighted by Gasteiger charge is 2.10. The number of rotatable bonds is 7. The Morgan fingerprint density at radius 2 is 1.89 bits per heavy atom. The second-order valence-corrected chi connectivity index (χ2v) is 5.92. The molecule has 138 valence electrons. The smallest absolute Gasteiger partial charge is 0.257 e. The number of carbonyl (C=O) groups is 1. The number of amides is 1. The number of hydrogen-bond donors (Lipinski definition) is 2. The van der Waals surface area contributed by atoms with Gasteiger partial charge in [0.05, 0.1) is 24.0 Å². The maximum Gasteiger partial charge on any atom is 0.257 e. The molecule has 0 aliphatic heterocycles. The topological polar surface area (TPSA) is 63.2 Å². The molecule has 0 aliphatic carbocycles. The van der Waals surface area contributed by atoms with Crippen LogP contribution in [0.5, 0.6) is 5.75 Å². The van der Waals surface area contributed by atoms with Crippen molar-refractivity contribution in [2.75, 3.05) is 24.3 Å². The van der Waals surface area contributed by atoms with Gasteiger partial charge in [0.15, 0.2) is 0 Å². The number of para-hydroxylation sites is 2. The number of pyridine rings is 1. The van der Waals surface area contributed by atoms with Gasteiger partial charge in [-0.2, -0.15) is 0 Å². The van der Waals surface area contributed by atoms with Gasteiger partial charge in [-0.3, -0.25) is 9.78 Å². The number of nitrogens with one attached hydrogen (secondary N) is 2. The van der Waals surface area contributed by atoms with Crippen LogP contribution in [0.1, 0.15) is 15.9 Å². The first-order chi connectivity index (χ1) is 13.2. The Labute approximate surface area is 157 Å². The molecule has 0 spiro atoms. The highest BCUT2D eigenvalue weighted by molar-refractivity contribution is 6.05. The average molecular weight is 365 g/mol. The fourth-order valence-corrected chi connectivity index (χ4v) is 2.61. The van der Waals surface area contributed by atoms with E-state index >= 15 is 0 Å². The van der Waals surface area contributed by atoms with Gasteiger partial charge in [0.1, 0.15) is 11.6 Å². The maximum atomic E-state index is 12.9. The van der Waals surface area contributed by atoms with Crippen molar-refractivity contribution in [1.82, 2.24) is 4.98 Å². The van der Waals surface area contributed by atoms with Crippen LogP contribution in [0.4, 0.5) is 15.8 Å². The fraction of sp³-hybridized carbons (Fsp3) is 0.143. The third kappa shape index (κ3) is 5.04. The molecule has 1 heterocycles. The predicted octanol–water partition coefficient (Wildman–Crippen LogP) is 4.14. The summed E-state index contributed by atoms with van der Waals surface area (Å²) in [5, 5.41) is 6.05. The van der Waals surface area contributed by atoms with Crippen molar-refractivity contribution in [1.29, 1.82) is 0 Å². The first-order valence-corrected chi connectivity index (χ1v) is 8.53. The lowest BCUT2D eigenvalue weighted by molar-refractivity contribution is 0.102. The summed E-state index contributed by atoms with van der Waals surface area (Å²) < 4.78 is 18.2. The highest BCUT2D eigenvalue weighted by atomic mass is 19.1. The molecule has 27 heavy (non-hydrogen) atoms. The summed E-state index contributed by atoms with van der Waals surface area (Å²) in [7, 11) is 1.55. The number of nitrogens with zero attached hydrogens (tertiary/aromatic N) is 1. The van der Waals surface area contributed by atoms with Crippen molar-refractivity contribution in [3.8, 4) is 5.75 Å². The number of benzene rings is 2. The molecule has 0 saturated heterocycles. The Balaban J connectivity index is 1.60. The van der Waals surface area contributed by atoms with Crippen LogP contribution in [0.2, 0.25) is 0 Å². The summed E-state index contributed by atoms with van der Waals surface area (Å²) in [5.74, 6) is 0.0752. The second kappa shape index (κ2) is 8.80. The second-order valence-electron chi connectivity index (χ2n) is 5.92. The molecule has 0 bridgehead atoms. The molecule has 0 saturated carbocycles. The van der Waals surface area contributed by atoms with E-state index in [0.29, 0.717) is 23.5 Å². The Morgan fingerprint density at radius 1 is 1.11 bits per heavy atom. The van der Waals surface area contributed by atoms with Gasteiger partial charge in [-0.1, -0.05) is 24.3 Å². The number of carbonyl (C=O) groups excluding carboxylic acids is 1. The first-order valence-electron chi connectivity index (χ1n) is 8.53. The van der Waals surface area contributed by atoms with E-state index in [2.05, 4.69) is 15.6 Å². The van der Waals surface area contributed by atoms with Gasteiger partial charge in [0.25, 0.3) is 5.91 Å². The third-order valence-electron chi connectivity index (χ3n) is 4.01. The van der Waals surface area contributed by atoms with E-state index in [9.17, 15) is 9.18 Å². The van der Waals surface area contributed by atoms with Gasteiger partial charge >= 0.3 is 0 Å². The predicted molar refractivity (Wildman–Crippen MR) is 104 cm³/mol. The first kappa shape index (κ1) is 18.4. The van der Waals surface area contributed by atoms with Gasteiger partial charge in [0, 0.05) is 18.9 Å². The van der Waals surface area contributed by atoms with Crippen LogP contribution >= 0.6 is 0 Å². The number of ether oxygens (including phenoxy) is 1. The molecule has 2 aromatic carbocycles. The summed E-state index contributed by atoms with van der Waals surface area (Å²) in [5.41, 5.74) is 2.80. The van der Waals surface area contributed by atoms with E-state index in [1.807, 2.05) is 12.1 Å². The zero-order valence-electron chi connectivity index (χ0n) is 14.9. The van der Waals surface area contributed by atoms with E-state index in [0.717, 1.165) is 17.7 Å². The quantitative estimate of drug-likeness (QED) is 0.661. The van der Waals surface area contributed by atoms with Gasteiger partial charge < -0.3 is 15.4 Å². The third-order valence-corrected chi connectivity index (χ3v) is 4.01. The Bertz CT molecular complexity index is 913. The molecule has 1 aromatic heterocycles.